The monoisotopic (exact) mass is 290 g/mol. The Morgan fingerprint density at radius 3 is 2.95 bits per heavy atom. The lowest BCUT2D eigenvalue weighted by Crippen LogP contribution is -2.47. The predicted octanol–water partition coefficient (Wildman–Crippen LogP) is 2.72. The van der Waals surface area contributed by atoms with Crippen LogP contribution in [0.1, 0.15) is 37.3 Å². The number of fused-ring (bicyclic) bond motifs is 1. The highest BCUT2D eigenvalue weighted by Gasteiger charge is 2.33. The van der Waals surface area contributed by atoms with E-state index in [4.69, 9.17) is 9.47 Å². The minimum atomic E-state index is -0.0626. The van der Waals surface area contributed by atoms with Gasteiger partial charge in [0.2, 0.25) is 0 Å². The Kier molecular flexibility index (Phi) is 4.78. The molecule has 1 saturated heterocycles. The number of anilines is 1. The zero-order valence-corrected chi connectivity index (χ0v) is 12.9. The Morgan fingerprint density at radius 1 is 1.33 bits per heavy atom. The topological polar surface area (TPSA) is 42.5 Å². The fraction of sp³-hybridized carbons (Fsp3) is 0.647. The molecule has 0 spiro atoms. The number of ether oxygens (including phenoxy) is 2. The van der Waals surface area contributed by atoms with Crippen molar-refractivity contribution >= 4 is 5.69 Å². The Balaban J connectivity index is 1.69. The molecule has 2 aliphatic rings. The molecule has 1 fully saturated rings. The standard InChI is InChI=1S/C17H26N2O2/c1-20-17(8-11-21-12-9-17)13-19-16-7-4-10-18-15-6-3-2-5-14(15)16/h2-3,5-6,16,18-19H,4,7-13H2,1H3/t16-/m0/s1. The lowest BCUT2D eigenvalue weighted by atomic mass is 9.92. The summed E-state index contributed by atoms with van der Waals surface area (Å²) in [6.45, 7) is 3.56. The van der Waals surface area contributed by atoms with E-state index in [2.05, 4.69) is 34.9 Å². The Hall–Kier alpha value is -1.10. The van der Waals surface area contributed by atoms with Gasteiger partial charge < -0.3 is 20.1 Å². The van der Waals surface area contributed by atoms with Crippen LogP contribution in [0.2, 0.25) is 0 Å². The lowest BCUT2D eigenvalue weighted by molar-refractivity contribution is -0.0887. The van der Waals surface area contributed by atoms with Gasteiger partial charge in [-0.25, -0.2) is 0 Å². The van der Waals surface area contributed by atoms with Crippen LogP contribution in [0.25, 0.3) is 0 Å². The maximum atomic E-state index is 5.83. The van der Waals surface area contributed by atoms with Gasteiger partial charge in [0.1, 0.15) is 0 Å². The summed E-state index contributed by atoms with van der Waals surface area (Å²) in [5, 5.41) is 7.28. The maximum Gasteiger partial charge on any atom is 0.0846 e. The van der Waals surface area contributed by atoms with Gasteiger partial charge in [0, 0.05) is 58.0 Å². The highest BCUT2D eigenvalue weighted by molar-refractivity contribution is 5.53. The first kappa shape index (κ1) is 14.8. The second-order valence-electron chi connectivity index (χ2n) is 6.09. The van der Waals surface area contributed by atoms with Gasteiger partial charge in [-0.2, -0.15) is 0 Å². The fourth-order valence-electron chi connectivity index (χ4n) is 3.36. The van der Waals surface area contributed by atoms with Crippen molar-refractivity contribution in [3.05, 3.63) is 29.8 Å². The van der Waals surface area contributed by atoms with Crippen LogP contribution in [0.3, 0.4) is 0 Å². The minimum Gasteiger partial charge on any atom is -0.385 e. The molecule has 0 aliphatic carbocycles. The zero-order chi connectivity index (χ0) is 14.5. The molecule has 4 heteroatoms. The first-order chi connectivity index (χ1) is 10.3. The molecule has 3 rings (SSSR count). The van der Waals surface area contributed by atoms with Crippen molar-refractivity contribution in [2.24, 2.45) is 0 Å². The van der Waals surface area contributed by atoms with Crippen LogP contribution in [0.5, 0.6) is 0 Å². The fourth-order valence-corrected chi connectivity index (χ4v) is 3.36. The van der Waals surface area contributed by atoms with E-state index in [0.29, 0.717) is 6.04 Å². The molecule has 4 nitrogen and oxygen atoms in total. The Morgan fingerprint density at radius 2 is 2.14 bits per heavy atom. The van der Waals surface area contributed by atoms with E-state index < -0.39 is 0 Å². The van der Waals surface area contributed by atoms with Gasteiger partial charge in [0.25, 0.3) is 0 Å². The van der Waals surface area contributed by atoms with Crippen molar-refractivity contribution in [1.82, 2.24) is 5.32 Å². The van der Waals surface area contributed by atoms with Gasteiger partial charge in [-0.1, -0.05) is 18.2 Å². The molecule has 2 aliphatic heterocycles. The zero-order valence-electron chi connectivity index (χ0n) is 12.9. The molecule has 0 aromatic heterocycles. The van der Waals surface area contributed by atoms with Crippen molar-refractivity contribution < 1.29 is 9.47 Å². The molecule has 116 valence electrons. The molecule has 0 saturated carbocycles. The molecule has 2 heterocycles. The number of benzene rings is 1. The Labute approximate surface area is 127 Å². The van der Waals surface area contributed by atoms with E-state index in [1.54, 1.807) is 0 Å². The van der Waals surface area contributed by atoms with Crippen molar-refractivity contribution in [3.8, 4) is 0 Å². The minimum absolute atomic E-state index is 0.0626. The van der Waals surface area contributed by atoms with Crippen molar-refractivity contribution in [3.63, 3.8) is 0 Å². The van der Waals surface area contributed by atoms with Gasteiger partial charge in [0.05, 0.1) is 5.60 Å². The predicted molar refractivity (Wildman–Crippen MR) is 84.7 cm³/mol. The van der Waals surface area contributed by atoms with Gasteiger partial charge in [-0.05, 0) is 24.5 Å². The maximum absolute atomic E-state index is 5.83. The van der Waals surface area contributed by atoms with Crippen molar-refractivity contribution in [2.75, 3.05) is 38.7 Å². The van der Waals surface area contributed by atoms with Crippen LogP contribution in [0.4, 0.5) is 5.69 Å². The van der Waals surface area contributed by atoms with Crippen molar-refractivity contribution in [2.45, 2.75) is 37.3 Å². The van der Waals surface area contributed by atoms with Crippen molar-refractivity contribution in [1.29, 1.82) is 0 Å². The second kappa shape index (κ2) is 6.77. The lowest BCUT2D eigenvalue weighted by Gasteiger charge is -2.37. The molecule has 21 heavy (non-hydrogen) atoms. The number of hydrogen-bond acceptors (Lipinski definition) is 4. The second-order valence-corrected chi connectivity index (χ2v) is 6.09. The number of rotatable bonds is 4. The molecule has 1 aromatic rings. The molecular formula is C17H26N2O2. The Bertz CT molecular complexity index is 458. The number of methoxy groups -OCH3 is 1. The third-order valence-corrected chi connectivity index (χ3v) is 4.83. The third-order valence-electron chi connectivity index (χ3n) is 4.83. The third kappa shape index (κ3) is 3.39. The summed E-state index contributed by atoms with van der Waals surface area (Å²) in [6.07, 6.45) is 4.31. The quantitative estimate of drug-likeness (QED) is 0.895. The summed E-state index contributed by atoms with van der Waals surface area (Å²) in [5.41, 5.74) is 2.59. The van der Waals surface area contributed by atoms with Gasteiger partial charge >= 0.3 is 0 Å². The summed E-state index contributed by atoms with van der Waals surface area (Å²) in [5.74, 6) is 0. The van der Waals surface area contributed by atoms with E-state index in [-0.39, 0.29) is 5.60 Å². The molecule has 2 N–H and O–H groups in total. The average molecular weight is 290 g/mol. The first-order valence-electron chi connectivity index (χ1n) is 8.02. The van der Waals surface area contributed by atoms with Gasteiger partial charge in [-0.15, -0.1) is 0 Å². The van der Waals surface area contributed by atoms with Gasteiger partial charge in [0.15, 0.2) is 0 Å². The first-order valence-corrected chi connectivity index (χ1v) is 8.02. The van der Waals surface area contributed by atoms with E-state index in [9.17, 15) is 0 Å². The summed E-state index contributed by atoms with van der Waals surface area (Å²) in [7, 11) is 1.83. The van der Waals surface area contributed by atoms with Gasteiger partial charge in [-0.3, -0.25) is 0 Å². The van der Waals surface area contributed by atoms with Crippen LogP contribution in [-0.2, 0) is 9.47 Å². The summed E-state index contributed by atoms with van der Waals surface area (Å²) in [6, 6.07) is 9.04. The number of nitrogens with one attached hydrogen (secondary N) is 2. The SMILES string of the molecule is COC1(CN[C@H]2CCCNc3ccccc32)CCOCC1. The molecule has 1 aromatic carbocycles. The molecule has 0 bridgehead atoms. The van der Waals surface area contributed by atoms with Crippen LogP contribution in [0.15, 0.2) is 24.3 Å². The molecule has 1 atom stereocenters. The normalized spacial score (nSPS) is 24.7. The summed E-state index contributed by atoms with van der Waals surface area (Å²) >= 11 is 0. The molecule has 0 amide bonds. The highest BCUT2D eigenvalue weighted by atomic mass is 16.5. The van der Waals surface area contributed by atoms with Crippen LogP contribution < -0.4 is 10.6 Å². The van der Waals surface area contributed by atoms with E-state index in [1.807, 2.05) is 7.11 Å². The molecule has 0 radical (unpaired) electrons. The van der Waals surface area contributed by atoms with Crippen LogP contribution in [0, 0.1) is 0 Å². The summed E-state index contributed by atoms with van der Waals surface area (Å²) < 4.78 is 11.3. The largest absolute Gasteiger partial charge is 0.385 e. The number of para-hydroxylation sites is 1. The van der Waals surface area contributed by atoms with E-state index >= 15 is 0 Å². The highest BCUT2D eigenvalue weighted by Crippen LogP contribution is 2.31. The average Bonchev–Trinajstić information content (AvgIpc) is 2.76. The number of hydrogen-bond donors (Lipinski definition) is 2. The van der Waals surface area contributed by atoms with E-state index in [0.717, 1.165) is 39.1 Å². The molecular weight excluding hydrogens is 264 g/mol. The van der Waals surface area contributed by atoms with Crippen LogP contribution in [-0.4, -0.2) is 39.0 Å². The molecule has 0 unspecified atom stereocenters. The van der Waals surface area contributed by atoms with Crippen LogP contribution >= 0.6 is 0 Å². The van der Waals surface area contributed by atoms with E-state index in [1.165, 1.54) is 24.1 Å². The smallest absolute Gasteiger partial charge is 0.0846 e. The summed E-state index contributed by atoms with van der Waals surface area (Å²) in [4.78, 5) is 0.